The van der Waals surface area contributed by atoms with Crippen LogP contribution < -0.4 is 24.0 Å². The van der Waals surface area contributed by atoms with E-state index in [2.05, 4.69) is 23.7 Å². The van der Waals surface area contributed by atoms with Crippen LogP contribution in [0.5, 0.6) is 0 Å². The molecule has 0 saturated carbocycles. The Labute approximate surface area is 113 Å². The van der Waals surface area contributed by atoms with Crippen molar-refractivity contribution in [2.75, 3.05) is 6.54 Å². The molecular weight excluding hydrogens is 211 g/mol. The molecule has 17 heavy (non-hydrogen) atoms. The van der Waals surface area contributed by atoms with Crippen molar-refractivity contribution in [1.29, 1.82) is 0 Å². The van der Waals surface area contributed by atoms with E-state index >= 15 is 0 Å². The number of aromatic carboxylic acids is 1. The molecule has 0 saturated heterocycles. The third-order valence-electron chi connectivity index (χ3n) is 3.03. The van der Waals surface area contributed by atoms with E-state index in [-0.39, 0.29) is 24.6 Å². The van der Waals surface area contributed by atoms with Gasteiger partial charge in [0.1, 0.15) is 0 Å². The van der Waals surface area contributed by atoms with Gasteiger partial charge in [-0.25, -0.2) is 4.98 Å². The number of hydrogen-bond donors (Lipinski definition) is 0. The molecule has 0 unspecified atom stereocenters. The molecule has 86 valence electrons. The Hall–Kier alpha value is -0.823. The average Bonchev–Trinajstić information content (AvgIpc) is 2.27. The summed E-state index contributed by atoms with van der Waals surface area (Å²) in [5, 5.41) is 10.7. The quantitative estimate of drug-likeness (QED) is 0.512. The number of pyridine rings is 1. The summed E-state index contributed by atoms with van der Waals surface area (Å²) in [5.41, 5.74) is 2.06. The van der Waals surface area contributed by atoms with E-state index in [1.165, 1.54) is 6.07 Å². The first-order valence-corrected chi connectivity index (χ1v) is 5.52. The number of carboxylic acid groups (broad SMARTS) is 1. The molecule has 0 N–H and O–H groups in total. The largest absolute Gasteiger partial charge is 1.00 e. The number of carbonyl (C=O) groups excluding carboxylic acids is 1. The van der Waals surface area contributed by atoms with Crippen LogP contribution in [0.1, 0.15) is 35.6 Å². The monoisotopic (exact) mass is 226 g/mol. The molecule has 2 heterocycles. The van der Waals surface area contributed by atoms with Crippen molar-refractivity contribution in [2.24, 2.45) is 0 Å². The van der Waals surface area contributed by atoms with Gasteiger partial charge in [-0.1, -0.05) is 6.07 Å². The molecule has 0 fully saturated rings. The Morgan fingerprint density at radius 3 is 2.76 bits per heavy atom. The molecule has 0 bridgehead atoms. The molecule has 0 radical (unpaired) electrons. The summed E-state index contributed by atoms with van der Waals surface area (Å²) in [6.07, 6.45) is 0.938. The van der Waals surface area contributed by atoms with Gasteiger partial charge in [0.05, 0.1) is 17.4 Å². The molecule has 0 atom stereocenters. The van der Waals surface area contributed by atoms with Gasteiger partial charge in [-0.3, -0.25) is 4.90 Å². The molecule has 1 aliphatic rings. The first kappa shape index (κ1) is 14.2. The molecule has 1 aromatic rings. The van der Waals surface area contributed by atoms with Crippen LogP contribution in [0.3, 0.4) is 0 Å². The van der Waals surface area contributed by atoms with Gasteiger partial charge >= 0.3 is 18.9 Å². The van der Waals surface area contributed by atoms with Crippen LogP contribution >= 0.6 is 0 Å². The van der Waals surface area contributed by atoms with Crippen LogP contribution in [0, 0.1) is 0 Å². The molecular formula is C12H15LiN2O2. The standard InChI is InChI=1S/C12H16N2O2.Li/c1-8(2)14-6-5-9-3-4-10(12(15)16)13-11(9)7-14;/h3-4,8H,5-7H2,1-2H3,(H,15,16);/q;+1/p-1. The van der Waals surface area contributed by atoms with Gasteiger partial charge in [0.15, 0.2) is 0 Å². The summed E-state index contributed by atoms with van der Waals surface area (Å²) < 4.78 is 0. The van der Waals surface area contributed by atoms with Crippen LogP contribution in [0.25, 0.3) is 0 Å². The zero-order chi connectivity index (χ0) is 11.7. The summed E-state index contributed by atoms with van der Waals surface area (Å²) in [6, 6.07) is 3.84. The van der Waals surface area contributed by atoms with Gasteiger partial charge in [-0.2, -0.15) is 0 Å². The maximum absolute atomic E-state index is 10.7. The van der Waals surface area contributed by atoms with Crippen molar-refractivity contribution in [3.05, 3.63) is 29.1 Å². The van der Waals surface area contributed by atoms with Gasteiger partial charge < -0.3 is 9.90 Å². The van der Waals surface area contributed by atoms with Gasteiger partial charge in [-0.05, 0) is 31.9 Å². The number of rotatable bonds is 2. The van der Waals surface area contributed by atoms with Gasteiger partial charge in [0.2, 0.25) is 0 Å². The molecule has 0 aliphatic carbocycles. The van der Waals surface area contributed by atoms with Crippen LogP contribution in [-0.2, 0) is 13.0 Å². The second-order valence-electron chi connectivity index (χ2n) is 4.40. The van der Waals surface area contributed by atoms with Crippen molar-refractivity contribution in [1.82, 2.24) is 9.88 Å². The van der Waals surface area contributed by atoms with E-state index in [9.17, 15) is 9.90 Å². The number of hydrogen-bond acceptors (Lipinski definition) is 4. The third kappa shape index (κ3) is 3.10. The minimum absolute atomic E-state index is 0. The van der Waals surface area contributed by atoms with Gasteiger partial charge in [-0.15, -0.1) is 0 Å². The Balaban J connectivity index is 0.00000144. The molecule has 1 aromatic heterocycles. The second kappa shape index (κ2) is 5.68. The van der Waals surface area contributed by atoms with E-state index in [0.29, 0.717) is 6.04 Å². The van der Waals surface area contributed by atoms with Crippen molar-refractivity contribution in [2.45, 2.75) is 32.9 Å². The normalized spacial score (nSPS) is 15.2. The summed E-state index contributed by atoms with van der Waals surface area (Å²) in [5.74, 6) is -1.20. The van der Waals surface area contributed by atoms with Gasteiger partial charge in [0, 0.05) is 19.1 Å². The van der Waals surface area contributed by atoms with Crippen molar-refractivity contribution >= 4 is 5.97 Å². The van der Waals surface area contributed by atoms with Crippen LogP contribution in [-0.4, -0.2) is 28.4 Å². The molecule has 4 nitrogen and oxygen atoms in total. The summed E-state index contributed by atoms with van der Waals surface area (Å²) in [6.45, 7) is 6.01. The number of carboxylic acids is 1. The maximum atomic E-state index is 10.7. The predicted octanol–water partition coefficient (Wildman–Crippen LogP) is -2.78. The molecule has 5 heteroatoms. The molecule has 2 rings (SSSR count). The molecule has 1 aliphatic heterocycles. The first-order valence-electron chi connectivity index (χ1n) is 5.52. The molecule has 0 aromatic carbocycles. The van der Waals surface area contributed by atoms with Crippen LogP contribution in [0.2, 0.25) is 0 Å². The molecule has 0 amide bonds. The van der Waals surface area contributed by atoms with Crippen molar-refractivity contribution in [3.63, 3.8) is 0 Å². The Kier molecular flexibility index (Phi) is 4.76. The SMILES string of the molecule is CC(C)N1CCc2ccc(C(=O)[O-])nc2C1.[Li+]. The van der Waals surface area contributed by atoms with E-state index in [0.717, 1.165) is 30.8 Å². The van der Waals surface area contributed by atoms with Crippen molar-refractivity contribution in [3.8, 4) is 0 Å². The van der Waals surface area contributed by atoms with Crippen LogP contribution in [0.4, 0.5) is 0 Å². The third-order valence-corrected chi connectivity index (χ3v) is 3.03. The topological polar surface area (TPSA) is 56.3 Å². The number of fused-ring (bicyclic) bond motifs is 1. The molecule has 0 spiro atoms. The fourth-order valence-electron chi connectivity index (χ4n) is 1.98. The number of carbonyl (C=O) groups is 1. The number of aromatic nitrogens is 1. The zero-order valence-corrected chi connectivity index (χ0v) is 10.6. The van der Waals surface area contributed by atoms with E-state index in [4.69, 9.17) is 0 Å². The average molecular weight is 226 g/mol. The minimum Gasteiger partial charge on any atom is -0.543 e. The van der Waals surface area contributed by atoms with Crippen molar-refractivity contribution < 1.29 is 28.8 Å². The fraction of sp³-hybridized carbons (Fsp3) is 0.500. The van der Waals surface area contributed by atoms with Crippen LogP contribution in [0.15, 0.2) is 12.1 Å². The second-order valence-corrected chi connectivity index (χ2v) is 4.40. The minimum atomic E-state index is -1.20. The fourth-order valence-corrected chi connectivity index (χ4v) is 1.98. The van der Waals surface area contributed by atoms with E-state index in [1.54, 1.807) is 0 Å². The van der Waals surface area contributed by atoms with E-state index in [1.807, 2.05) is 6.07 Å². The Morgan fingerprint density at radius 1 is 1.47 bits per heavy atom. The Morgan fingerprint density at radius 2 is 2.18 bits per heavy atom. The number of nitrogens with zero attached hydrogens (tertiary/aromatic N) is 2. The summed E-state index contributed by atoms with van der Waals surface area (Å²) in [7, 11) is 0. The first-order chi connectivity index (χ1) is 7.58. The maximum Gasteiger partial charge on any atom is 1.00 e. The summed E-state index contributed by atoms with van der Waals surface area (Å²) >= 11 is 0. The predicted molar refractivity (Wildman–Crippen MR) is 57.8 cm³/mol. The smallest absolute Gasteiger partial charge is 0.543 e. The summed E-state index contributed by atoms with van der Waals surface area (Å²) in [4.78, 5) is 17.1. The van der Waals surface area contributed by atoms with Gasteiger partial charge in [0.25, 0.3) is 0 Å². The zero-order valence-electron chi connectivity index (χ0n) is 10.6. The Bertz CT molecular complexity index is 421. The van der Waals surface area contributed by atoms with E-state index < -0.39 is 5.97 Å².